The van der Waals surface area contributed by atoms with E-state index in [-0.39, 0.29) is 6.42 Å². The van der Waals surface area contributed by atoms with Crippen LogP contribution < -0.4 is 10.6 Å². The molecule has 1 heterocycles. The molecule has 3 N–H and O–H groups in total. The lowest BCUT2D eigenvalue weighted by Crippen LogP contribution is -2.64. The van der Waals surface area contributed by atoms with Crippen LogP contribution in [-0.2, 0) is 19.8 Å². The minimum Gasteiger partial charge on any atom is -0.478 e. The van der Waals surface area contributed by atoms with Crippen molar-refractivity contribution in [2.75, 3.05) is 0 Å². The van der Waals surface area contributed by atoms with Crippen LogP contribution in [0.2, 0.25) is 0 Å². The van der Waals surface area contributed by atoms with E-state index in [0.717, 1.165) is 6.08 Å². The molecule has 4 amide bonds. The third-order valence-corrected chi connectivity index (χ3v) is 3.18. The summed E-state index contributed by atoms with van der Waals surface area (Å²) in [6, 6.07) is 7.27. The molecule has 1 aromatic carbocycles. The highest BCUT2D eigenvalue weighted by atomic mass is 16.4. The average molecular weight is 288 g/mol. The zero-order chi connectivity index (χ0) is 15.5. The molecule has 0 radical (unpaired) electrons. The number of aliphatic carboxylic acids is 1. The first-order valence-electron chi connectivity index (χ1n) is 6.08. The molecule has 2 rings (SSSR count). The molecule has 1 saturated heterocycles. The second-order valence-corrected chi connectivity index (χ2v) is 4.45. The zero-order valence-electron chi connectivity index (χ0n) is 10.8. The lowest BCUT2D eigenvalue weighted by Gasteiger charge is -2.33. The molecule has 0 unspecified atom stereocenters. The molecule has 1 aromatic rings. The number of allylic oxidation sites excluding steroid dienone is 1. The maximum absolute atomic E-state index is 12.2. The Morgan fingerprint density at radius 3 is 2.19 bits per heavy atom. The number of urea groups is 1. The van der Waals surface area contributed by atoms with Crippen LogP contribution >= 0.6 is 0 Å². The summed E-state index contributed by atoms with van der Waals surface area (Å²) in [6.45, 7) is 0. The van der Waals surface area contributed by atoms with Crippen LogP contribution in [-0.4, -0.2) is 28.9 Å². The Balaban J connectivity index is 2.48. The van der Waals surface area contributed by atoms with E-state index in [2.05, 4.69) is 0 Å². The van der Waals surface area contributed by atoms with E-state index in [9.17, 15) is 19.2 Å². The van der Waals surface area contributed by atoms with Gasteiger partial charge in [0.2, 0.25) is 11.8 Å². The van der Waals surface area contributed by atoms with Crippen LogP contribution in [0.4, 0.5) is 4.79 Å². The first kappa shape index (κ1) is 14.4. The topological polar surface area (TPSA) is 113 Å². The first-order valence-corrected chi connectivity index (χ1v) is 6.08. The predicted octanol–water partition coefficient (Wildman–Crippen LogP) is 0.321. The molecule has 0 spiro atoms. The largest absolute Gasteiger partial charge is 0.478 e. The van der Waals surface area contributed by atoms with Gasteiger partial charge >= 0.3 is 12.0 Å². The molecule has 1 fully saturated rings. The normalized spacial score (nSPS) is 17.4. The Kier molecular flexibility index (Phi) is 3.84. The van der Waals surface area contributed by atoms with E-state index in [1.807, 2.05) is 10.6 Å². The van der Waals surface area contributed by atoms with Gasteiger partial charge in [0.05, 0.1) is 0 Å². The van der Waals surface area contributed by atoms with E-state index >= 15 is 0 Å². The molecule has 7 nitrogen and oxygen atoms in total. The highest BCUT2D eigenvalue weighted by Gasteiger charge is 2.50. The molecule has 0 aromatic heterocycles. The van der Waals surface area contributed by atoms with Crippen molar-refractivity contribution in [1.82, 2.24) is 10.6 Å². The zero-order valence-corrected chi connectivity index (χ0v) is 10.8. The summed E-state index contributed by atoms with van der Waals surface area (Å²) in [5.74, 6) is -2.75. The Morgan fingerprint density at radius 2 is 1.67 bits per heavy atom. The van der Waals surface area contributed by atoms with Crippen molar-refractivity contribution in [2.45, 2.75) is 11.8 Å². The van der Waals surface area contributed by atoms with E-state index in [1.54, 1.807) is 30.3 Å². The molecule has 1 aliphatic rings. The van der Waals surface area contributed by atoms with Crippen LogP contribution in [0.25, 0.3) is 0 Å². The lowest BCUT2D eigenvalue weighted by atomic mass is 9.74. The van der Waals surface area contributed by atoms with Crippen LogP contribution in [0.15, 0.2) is 42.5 Å². The van der Waals surface area contributed by atoms with Gasteiger partial charge in [-0.25, -0.2) is 9.59 Å². The molecular formula is C14H12N2O5. The summed E-state index contributed by atoms with van der Waals surface area (Å²) in [7, 11) is 0. The van der Waals surface area contributed by atoms with Gasteiger partial charge in [-0.05, 0) is 12.0 Å². The van der Waals surface area contributed by atoms with Gasteiger partial charge in [-0.3, -0.25) is 20.2 Å². The number of carboxylic acids is 1. The molecule has 7 heteroatoms. The van der Waals surface area contributed by atoms with Gasteiger partial charge in [-0.2, -0.15) is 0 Å². The Hall–Kier alpha value is -2.96. The summed E-state index contributed by atoms with van der Waals surface area (Å²) >= 11 is 0. The average Bonchev–Trinajstić information content (AvgIpc) is 2.42. The number of carbonyl (C=O) groups excluding carboxylic acids is 3. The lowest BCUT2D eigenvalue weighted by molar-refractivity contribution is -0.138. The summed E-state index contributed by atoms with van der Waals surface area (Å²) in [4.78, 5) is 46.2. The molecule has 0 atom stereocenters. The number of benzene rings is 1. The Bertz CT molecular complexity index is 616. The van der Waals surface area contributed by atoms with Crippen molar-refractivity contribution >= 4 is 23.8 Å². The summed E-state index contributed by atoms with van der Waals surface area (Å²) in [6.07, 6.45) is 1.89. The summed E-state index contributed by atoms with van der Waals surface area (Å²) < 4.78 is 0. The number of nitrogens with one attached hydrogen (secondary N) is 2. The van der Waals surface area contributed by atoms with Crippen LogP contribution in [0.3, 0.4) is 0 Å². The van der Waals surface area contributed by atoms with Crippen molar-refractivity contribution in [3.05, 3.63) is 48.0 Å². The van der Waals surface area contributed by atoms with Gasteiger partial charge in [-0.1, -0.05) is 36.4 Å². The standard InChI is InChI=1S/C14H12N2O5/c17-10(18)7-4-8-14(9-5-2-1-3-6-9)11(19)15-13(21)16-12(14)20/h1-7H,8H2,(H,17,18)(H2,15,16,19,20,21). The second kappa shape index (κ2) is 5.58. The molecule has 21 heavy (non-hydrogen) atoms. The molecule has 0 saturated carbocycles. The quantitative estimate of drug-likeness (QED) is 0.545. The highest BCUT2D eigenvalue weighted by molar-refractivity contribution is 6.23. The van der Waals surface area contributed by atoms with Crippen LogP contribution in [0.5, 0.6) is 0 Å². The molecule has 0 aliphatic carbocycles. The van der Waals surface area contributed by atoms with Gasteiger partial charge in [0.1, 0.15) is 0 Å². The number of hydrogen-bond donors (Lipinski definition) is 3. The van der Waals surface area contributed by atoms with Gasteiger partial charge in [-0.15, -0.1) is 0 Å². The molecule has 1 aliphatic heterocycles. The van der Waals surface area contributed by atoms with Crippen LogP contribution in [0, 0.1) is 0 Å². The number of barbiturate groups is 1. The van der Waals surface area contributed by atoms with E-state index in [0.29, 0.717) is 5.56 Å². The third-order valence-electron chi connectivity index (χ3n) is 3.18. The third kappa shape index (κ3) is 2.66. The van der Waals surface area contributed by atoms with E-state index < -0.39 is 29.2 Å². The molecular weight excluding hydrogens is 276 g/mol. The van der Waals surface area contributed by atoms with Gasteiger partial charge < -0.3 is 5.11 Å². The van der Waals surface area contributed by atoms with E-state index in [4.69, 9.17) is 5.11 Å². The number of hydrogen-bond acceptors (Lipinski definition) is 4. The van der Waals surface area contributed by atoms with Crippen molar-refractivity contribution < 1.29 is 24.3 Å². The minimum absolute atomic E-state index is 0.172. The SMILES string of the molecule is O=C(O)C=CCC1(c2ccccc2)C(=O)NC(=O)NC1=O. The Labute approximate surface area is 119 Å². The highest BCUT2D eigenvalue weighted by Crippen LogP contribution is 2.31. The second-order valence-electron chi connectivity index (χ2n) is 4.45. The predicted molar refractivity (Wildman–Crippen MR) is 71.2 cm³/mol. The van der Waals surface area contributed by atoms with Gasteiger partial charge in [0.15, 0.2) is 5.41 Å². The Morgan fingerprint density at radius 1 is 1.10 bits per heavy atom. The van der Waals surface area contributed by atoms with Crippen molar-refractivity contribution in [3.63, 3.8) is 0 Å². The fraction of sp³-hybridized carbons (Fsp3) is 0.143. The molecule has 0 bridgehead atoms. The minimum atomic E-state index is -1.67. The van der Waals surface area contributed by atoms with Crippen molar-refractivity contribution in [1.29, 1.82) is 0 Å². The number of amides is 4. The maximum Gasteiger partial charge on any atom is 0.328 e. The fourth-order valence-corrected chi connectivity index (χ4v) is 2.18. The number of carboxylic acid groups (broad SMARTS) is 1. The van der Waals surface area contributed by atoms with Crippen molar-refractivity contribution in [3.8, 4) is 0 Å². The first-order chi connectivity index (χ1) is 9.96. The smallest absolute Gasteiger partial charge is 0.328 e. The van der Waals surface area contributed by atoms with E-state index in [1.165, 1.54) is 6.08 Å². The molecule has 108 valence electrons. The number of imide groups is 2. The monoisotopic (exact) mass is 288 g/mol. The summed E-state index contributed by atoms with van der Waals surface area (Å²) in [5.41, 5.74) is -1.29. The summed E-state index contributed by atoms with van der Waals surface area (Å²) in [5, 5.41) is 12.7. The number of carbonyl (C=O) groups is 4. The fourth-order valence-electron chi connectivity index (χ4n) is 2.18. The van der Waals surface area contributed by atoms with Gasteiger partial charge in [0.25, 0.3) is 0 Å². The van der Waals surface area contributed by atoms with Crippen LogP contribution in [0.1, 0.15) is 12.0 Å². The van der Waals surface area contributed by atoms with Gasteiger partial charge in [0, 0.05) is 6.08 Å². The van der Waals surface area contributed by atoms with Crippen molar-refractivity contribution in [2.24, 2.45) is 0 Å². The number of rotatable bonds is 4. The maximum atomic E-state index is 12.2.